The first-order chi connectivity index (χ1) is 8.31. The summed E-state index contributed by atoms with van der Waals surface area (Å²) in [6.07, 6.45) is 2.15. The number of methoxy groups -OCH3 is 1. The molecule has 2 rings (SSSR count). The van der Waals surface area contributed by atoms with Crippen LogP contribution in [0.3, 0.4) is 0 Å². The lowest BCUT2D eigenvalue weighted by Crippen LogP contribution is -2.51. The van der Waals surface area contributed by atoms with E-state index in [4.69, 9.17) is 9.47 Å². The Morgan fingerprint density at radius 2 is 2.47 bits per heavy atom. The number of morpholine rings is 1. The Morgan fingerprint density at radius 3 is 3.18 bits per heavy atom. The minimum Gasteiger partial charge on any atom is -0.382 e. The molecule has 17 heavy (non-hydrogen) atoms. The number of rotatable bonds is 3. The third kappa shape index (κ3) is 3.40. The van der Waals surface area contributed by atoms with E-state index in [2.05, 4.69) is 5.32 Å². The van der Waals surface area contributed by atoms with E-state index >= 15 is 0 Å². The molecule has 0 unspecified atom stereocenters. The largest absolute Gasteiger partial charge is 0.382 e. The minimum atomic E-state index is 0.0363. The summed E-state index contributed by atoms with van der Waals surface area (Å²) in [5, 5.41) is 3.29. The maximum absolute atomic E-state index is 12.3. The second kappa shape index (κ2) is 6.33. The molecular weight excluding hydrogens is 220 g/mol. The first-order valence-electron chi connectivity index (χ1n) is 6.41. The van der Waals surface area contributed by atoms with Crippen molar-refractivity contribution in [1.29, 1.82) is 0 Å². The van der Waals surface area contributed by atoms with Crippen molar-refractivity contribution in [3.05, 3.63) is 0 Å². The number of hydrogen-bond donors (Lipinski definition) is 1. The van der Waals surface area contributed by atoms with Crippen LogP contribution in [0.5, 0.6) is 0 Å². The molecular formula is C12H22N2O3. The Bertz CT molecular complexity index is 252. The fourth-order valence-electron chi connectivity index (χ4n) is 2.53. The molecule has 5 nitrogen and oxygen atoms in total. The Labute approximate surface area is 102 Å². The molecule has 0 saturated carbocycles. The summed E-state index contributed by atoms with van der Waals surface area (Å²) in [6.45, 7) is 4.44. The zero-order valence-corrected chi connectivity index (χ0v) is 10.5. The number of nitrogens with one attached hydrogen (secondary N) is 1. The number of ether oxygens (including phenoxy) is 2. The predicted octanol–water partition coefficient (Wildman–Crippen LogP) is -0.140. The van der Waals surface area contributed by atoms with E-state index in [1.807, 2.05) is 4.90 Å². The van der Waals surface area contributed by atoms with E-state index in [0.717, 1.165) is 32.5 Å². The molecule has 5 heteroatoms. The van der Waals surface area contributed by atoms with Gasteiger partial charge in [0.15, 0.2) is 0 Å². The van der Waals surface area contributed by atoms with Crippen molar-refractivity contribution >= 4 is 5.91 Å². The topological polar surface area (TPSA) is 50.8 Å². The third-order valence-corrected chi connectivity index (χ3v) is 3.45. The molecule has 1 amide bonds. The lowest BCUT2D eigenvalue weighted by atomic mass is 9.98. The van der Waals surface area contributed by atoms with Crippen LogP contribution in [-0.2, 0) is 14.3 Å². The van der Waals surface area contributed by atoms with Gasteiger partial charge in [-0.1, -0.05) is 0 Å². The van der Waals surface area contributed by atoms with Crippen LogP contribution in [0.25, 0.3) is 0 Å². The fourth-order valence-corrected chi connectivity index (χ4v) is 2.53. The second-order valence-corrected chi connectivity index (χ2v) is 4.78. The van der Waals surface area contributed by atoms with Gasteiger partial charge in [-0.15, -0.1) is 0 Å². The zero-order valence-electron chi connectivity index (χ0n) is 10.5. The van der Waals surface area contributed by atoms with Crippen molar-refractivity contribution < 1.29 is 14.3 Å². The van der Waals surface area contributed by atoms with Gasteiger partial charge in [-0.2, -0.15) is 0 Å². The Morgan fingerprint density at radius 1 is 1.59 bits per heavy atom. The monoisotopic (exact) mass is 242 g/mol. The summed E-state index contributed by atoms with van der Waals surface area (Å²) in [7, 11) is 1.66. The maximum Gasteiger partial charge on any atom is 0.227 e. The Kier molecular flexibility index (Phi) is 4.76. The number of amides is 1. The Balaban J connectivity index is 1.85. The number of piperidine rings is 1. The first kappa shape index (κ1) is 12.8. The number of carbonyl (C=O) groups is 1. The zero-order chi connectivity index (χ0) is 12.1. The average Bonchev–Trinajstić information content (AvgIpc) is 2.40. The van der Waals surface area contributed by atoms with E-state index in [9.17, 15) is 4.79 Å². The molecule has 2 aliphatic rings. The van der Waals surface area contributed by atoms with Gasteiger partial charge in [-0.25, -0.2) is 0 Å². The molecule has 0 aromatic carbocycles. The quantitative estimate of drug-likeness (QED) is 0.748. The van der Waals surface area contributed by atoms with Gasteiger partial charge in [-0.3, -0.25) is 4.79 Å². The number of hydrogen-bond acceptors (Lipinski definition) is 4. The van der Waals surface area contributed by atoms with Crippen LogP contribution in [0.15, 0.2) is 0 Å². The highest BCUT2D eigenvalue weighted by Crippen LogP contribution is 2.16. The van der Waals surface area contributed by atoms with E-state index in [0.29, 0.717) is 19.8 Å². The number of carbonyl (C=O) groups excluding carboxylic acids is 1. The van der Waals surface area contributed by atoms with Crippen LogP contribution in [-0.4, -0.2) is 63.4 Å². The summed E-state index contributed by atoms with van der Waals surface area (Å²) in [5.74, 6) is 0.437. The molecule has 0 bridgehead atoms. The molecule has 0 aromatic heterocycles. The molecule has 98 valence electrons. The van der Waals surface area contributed by atoms with Gasteiger partial charge in [0.2, 0.25) is 5.91 Å². The van der Waals surface area contributed by atoms with Crippen LogP contribution >= 0.6 is 0 Å². The van der Waals surface area contributed by atoms with Crippen molar-refractivity contribution in [2.75, 3.05) is 46.5 Å². The van der Waals surface area contributed by atoms with Crippen LogP contribution in [0.2, 0.25) is 0 Å². The molecule has 2 saturated heterocycles. The second-order valence-electron chi connectivity index (χ2n) is 4.78. The minimum absolute atomic E-state index is 0.0363. The van der Waals surface area contributed by atoms with Crippen molar-refractivity contribution in [2.24, 2.45) is 5.92 Å². The van der Waals surface area contributed by atoms with Crippen molar-refractivity contribution in [3.8, 4) is 0 Å². The summed E-state index contributed by atoms with van der Waals surface area (Å²) < 4.78 is 10.6. The van der Waals surface area contributed by atoms with Crippen LogP contribution in [0.1, 0.15) is 12.8 Å². The molecule has 0 spiro atoms. The standard InChI is InChI=1S/C12H22N2O3/c1-16-9-11-8-14(5-6-17-11)12(15)10-3-2-4-13-7-10/h10-11,13H,2-9H2,1H3/t10-,11+/m0/s1. The normalized spacial score (nSPS) is 30.3. The van der Waals surface area contributed by atoms with E-state index in [1.165, 1.54) is 0 Å². The highest BCUT2D eigenvalue weighted by molar-refractivity contribution is 5.79. The van der Waals surface area contributed by atoms with Crippen molar-refractivity contribution in [1.82, 2.24) is 10.2 Å². The van der Waals surface area contributed by atoms with Gasteiger partial charge < -0.3 is 19.7 Å². The van der Waals surface area contributed by atoms with Gasteiger partial charge >= 0.3 is 0 Å². The SMILES string of the molecule is COC[C@H]1CN(C(=O)[C@H]2CCCNC2)CCO1. The molecule has 2 fully saturated rings. The van der Waals surface area contributed by atoms with Crippen molar-refractivity contribution in [2.45, 2.75) is 18.9 Å². The lowest BCUT2D eigenvalue weighted by molar-refractivity contribution is -0.145. The van der Waals surface area contributed by atoms with Gasteiger partial charge in [0.05, 0.1) is 25.2 Å². The summed E-state index contributed by atoms with van der Waals surface area (Å²) in [5.41, 5.74) is 0. The molecule has 1 N–H and O–H groups in total. The summed E-state index contributed by atoms with van der Waals surface area (Å²) in [6, 6.07) is 0. The summed E-state index contributed by atoms with van der Waals surface area (Å²) in [4.78, 5) is 14.2. The van der Waals surface area contributed by atoms with Gasteiger partial charge in [0.1, 0.15) is 0 Å². The maximum atomic E-state index is 12.3. The molecule has 0 radical (unpaired) electrons. The van der Waals surface area contributed by atoms with Crippen LogP contribution in [0.4, 0.5) is 0 Å². The fraction of sp³-hybridized carbons (Fsp3) is 0.917. The highest BCUT2D eigenvalue weighted by atomic mass is 16.5. The average molecular weight is 242 g/mol. The molecule has 2 atom stereocenters. The van der Waals surface area contributed by atoms with Crippen molar-refractivity contribution in [3.63, 3.8) is 0 Å². The third-order valence-electron chi connectivity index (χ3n) is 3.45. The smallest absolute Gasteiger partial charge is 0.227 e. The molecule has 2 aliphatic heterocycles. The lowest BCUT2D eigenvalue weighted by Gasteiger charge is -2.35. The highest BCUT2D eigenvalue weighted by Gasteiger charge is 2.29. The Hall–Kier alpha value is -0.650. The predicted molar refractivity (Wildman–Crippen MR) is 63.8 cm³/mol. The molecule has 0 aliphatic carbocycles. The van der Waals surface area contributed by atoms with E-state index in [1.54, 1.807) is 7.11 Å². The number of nitrogens with zero attached hydrogens (tertiary/aromatic N) is 1. The molecule has 2 heterocycles. The first-order valence-corrected chi connectivity index (χ1v) is 6.41. The van der Waals surface area contributed by atoms with E-state index in [-0.39, 0.29) is 17.9 Å². The van der Waals surface area contributed by atoms with Gasteiger partial charge in [0, 0.05) is 26.7 Å². The van der Waals surface area contributed by atoms with Gasteiger partial charge in [-0.05, 0) is 19.4 Å². The van der Waals surface area contributed by atoms with Gasteiger partial charge in [0.25, 0.3) is 0 Å². The van der Waals surface area contributed by atoms with Crippen LogP contribution < -0.4 is 5.32 Å². The summed E-state index contributed by atoms with van der Waals surface area (Å²) >= 11 is 0. The van der Waals surface area contributed by atoms with Crippen LogP contribution in [0, 0.1) is 5.92 Å². The molecule has 0 aromatic rings. The van der Waals surface area contributed by atoms with E-state index < -0.39 is 0 Å².